The van der Waals surface area contributed by atoms with Crippen molar-refractivity contribution in [3.8, 4) is 0 Å². The molecule has 2 aromatic heterocycles. The fourth-order valence-electron chi connectivity index (χ4n) is 3.13. The van der Waals surface area contributed by atoms with Crippen LogP contribution in [0.4, 0.5) is 5.69 Å². The Balaban J connectivity index is 1.52. The van der Waals surface area contributed by atoms with Gasteiger partial charge in [0.25, 0.3) is 0 Å². The summed E-state index contributed by atoms with van der Waals surface area (Å²) in [6, 6.07) is 17.8. The number of imidazole rings is 1. The van der Waals surface area contributed by atoms with Gasteiger partial charge in [-0.25, -0.2) is 4.98 Å². The third-order valence-electron chi connectivity index (χ3n) is 4.40. The predicted molar refractivity (Wildman–Crippen MR) is 111 cm³/mol. The number of aryl methyl sites for hydroxylation is 2. The first-order valence-corrected chi connectivity index (χ1v) is 9.88. The molecule has 0 saturated heterocycles. The van der Waals surface area contributed by atoms with Crippen LogP contribution in [0.25, 0.3) is 21.9 Å². The predicted octanol–water partition coefficient (Wildman–Crippen LogP) is 4.64. The molecule has 0 aliphatic rings. The van der Waals surface area contributed by atoms with Gasteiger partial charge in [0.1, 0.15) is 0 Å². The summed E-state index contributed by atoms with van der Waals surface area (Å²) >= 11 is 1.45. The molecule has 0 unspecified atom stereocenters. The van der Waals surface area contributed by atoms with Gasteiger partial charge in [-0.3, -0.25) is 9.78 Å². The molecular weight excluding hydrogens is 356 g/mol. The van der Waals surface area contributed by atoms with E-state index in [0.717, 1.165) is 45.0 Å². The molecule has 0 saturated carbocycles. The minimum absolute atomic E-state index is 0.0643. The molecule has 5 nitrogen and oxygen atoms in total. The quantitative estimate of drug-likeness (QED) is 0.515. The number of carbonyl (C=O) groups is 1. The highest BCUT2D eigenvalue weighted by Crippen LogP contribution is 2.25. The van der Waals surface area contributed by atoms with Crippen molar-refractivity contribution in [3.05, 3.63) is 60.3 Å². The van der Waals surface area contributed by atoms with Crippen molar-refractivity contribution in [1.29, 1.82) is 0 Å². The van der Waals surface area contributed by atoms with Crippen LogP contribution >= 0.6 is 11.8 Å². The van der Waals surface area contributed by atoms with Crippen LogP contribution < -0.4 is 5.32 Å². The number of rotatable bonds is 5. The number of fused-ring (bicyclic) bond motifs is 2. The number of aromatic nitrogens is 3. The summed E-state index contributed by atoms with van der Waals surface area (Å²) in [5.74, 6) is 0.233. The van der Waals surface area contributed by atoms with Gasteiger partial charge in [-0.05, 0) is 38.1 Å². The first-order chi connectivity index (χ1) is 13.2. The number of hydrogen-bond acceptors (Lipinski definition) is 4. The standard InChI is InChI=1S/C21H20N4OS/c1-3-25-18-10-5-4-8-16(18)24-21(25)27-13-19(26)23-17-9-6-7-15-12-11-14(2)22-20(15)17/h4-12H,3,13H2,1-2H3,(H,23,26). The Morgan fingerprint density at radius 3 is 2.78 bits per heavy atom. The van der Waals surface area contributed by atoms with Gasteiger partial charge in [0, 0.05) is 17.6 Å². The molecule has 2 aromatic carbocycles. The fraction of sp³-hybridized carbons (Fsp3) is 0.190. The molecule has 4 aromatic rings. The summed E-state index contributed by atoms with van der Waals surface area (Å²) < 4.78 is 2.14. The van der Waals surface area contributed by atoms with Gasteiger partial charge in [0.05, 0.1) is 28.0 Å². The van der Waals surface area contributed by atoms with E-state index in [9.17, 15) is 4.79 Å². The zero-order valence-electron chi connectivity index (χ0n) is 15.3. The number of nitrogens with zero attached hydrogens (tertiary/aromatic N) is 3. The summed E-state index contributed by atoms with van der Waals surface area (Å²) in [5, 5.41) is 4.87. The van der Waals surface area contributed by atoms with E-state index >= 15 is 0 Å². The van der Waals surface area contributed by atoms with E-state index < -0.39 is 0 Å². The number of thioether (sulfide) groups is 1. The Labute approximate surface area is 161 Å². The molecule has 0 fully saturated rings. The highest BCUT2D eigenvalue weighted by molar-refractivity contribution is 7.99. The molecule has 0 aliphatic heterocycles. The van der Waals surface area contributed by atoms with Gasteiger partial charge in [-0.1, -0.05) is 42.1 Å². The SMILES string of the molecule is CCn1c(SCC(=O)Nc2cccc3ccc(C)nc23)nc2ccccc21. The van der Waals surface area contributed by atoms with Gasteiger partial charge >= 0.3 is 0 Å². The summed E-state index contributed by atoms with van der Waals surface area (Å²) in [6.07, 6.45) is 0. The molecule has 0 radical (unpaired) electrons. The minimum Gasteiger partial charge on any atom is -0.323 e. The van der Waals surface area contributed by atoms with E-state index in [1.165, 1.54) is 11.8 Å². The molecule has 0 bridgehead atoms. The van der Waals surface area contributed by atoms with E-state index in [0.29, 0.717) is 5.75 Å². The maximum Gasteiger partial charge on any atom is 0.234 e. The number of pyridine rings is 1. The molecule has 6 heteroatoms. The van der Waals surface area contributed by atoms with E-state index in [1.807, 2.05) is 55.5 Å². The fourth-order valence-corrected chi connectivity index (χ4v) is 4.01. The average molecular weight is 376 g/mol. The third-order valence-corrected chi connectivity index (χ3v) is 5.38. The van der Waals surface area contributed by atoms with Crippen molar-refractivity contribution in [1.82, 2.24) is 14.5 Å². The molecule has 4 rings (SSSR count). The van der Waals surface area contributed by atoms with Crippen molar-refractivity contribution in [2.75, 3.05) is 11.1 Å². The normalized spacial score (nSPS) is 11.2. The second-order valence-electron chi connectivity index (χ2n) is 6.29. The second-order valence-corrected chi connectivity index (χ2v) is 7.24. The Morgan fingerprint density at radius 2 is 1.93 bits per heavy atom. The van der Waals surface area contributed by atoms with E-state index in [1.54, 1.807) is 0 Å². The number of anilines is 1. The number of nitrogens with one attached hydrogen (secondary N) is 1. The number of benzene rings is 2. The van der Waals surface area contributed by atoms with Crippen molar-refractivity contribution in [2.45, 2.75) is 25.5 Å². The Hall–Kier alpha value is -2.86. The molecule has 2 heterocycles. The lowest BCUT2D eigenvalue weighted by atomic mass is 10.2. The zero-order valence-corrected chi connectivity index (χ0v) is 16.1. The lowest BCUT2D eigenvalue weighted by molar-refractivity contribution is -0.113. The zero-order chi connectivity index (χ0) is 18.8. The third kappa shape index (κ3) is 3.53. The van der Waals surface area contributed by atoms with Crippen LogP contribution in [-0.4, -0.2) is 26.2 Å². The largest absolute Gasteiger partial charge is 0.323 e. The topological polar surface area (TPSA) is 59.8 Å². The summed E-state index contributed by atoms with van der Waals surface area (Å²) in [6.45, 7) is 4.85. The number of amides is 1. The van der Waals surface area contributed by atoms with E-state index in [2.05, 4.69) is 32.8 Å². The van der Waals surface area contributed by atoms with Crippen LogP contribution in [0.5, 0.6) is 0 Å². The average Bonchev–Trinajstić information content (AvgIpc) is 3.04. The van der Waals surface area contributed by atoms with Crippen LogP contribution in [0.15, 0.2) is 59.8 Å². The molecule has 0 spiro atoms. The van der Waals surface area contributed by atoms with Crippen molar-refractivity contribution in [3.63, 3.8) is 0 Å². The van der Waals surface area contributed by atoms with E-state index in [4.69, 9.17) is 0 Å². The minimum atomic E-state index is -0.0643. The second kappa shape index (κ2) is 7.40. The molecule has 27 heavy (non-hydrogen) atoms. The van der Waals surface area contributed by atoms with Crippen LogP contribution in [0.3, 0.4) is 0 Å². The van der Waals surface area contributed by atoms with Crippen LogP contribution in [0.1, 0.15) is 12.6 Å². The van der Waals surface area contributed by atoms with Gasteiger partial charge in [-0.15, -0.1) is 0 Å². The van der Waals surface area contributed by atoms with Crippen molar-refractivity contribution in [2.24, 2.45) is 0 Å². The van der Waals surface area contributed by atoms with Gasteiger partial charge < -0.3 is 9.88 Å². The Bertz CT molecular complexity index is 1140. The molecule has 0 aliphatic carbocycles. The molecule has 1 amide bonds. The highest BCUT2D eigenvalue weighted by atomic mass is 32.2. The maximum atomic E-state index is 12.5. The first kappa shape index (κ1) is 17.5. The van der Waals surface area contributed by atoms with E-state index in [-0.39, 0.29) is 5.91 Å². The molecule has 1 N–H and O–H groups in total. The van der Waals surface area contributed by atoms with Gasteiger partial charge in [-0.2, -0.15) is 0 Å². The van der Waals surface area contributed by atoms with Crippen molar-refractivity contribution >= 4 is 45.3 Å². The lowest BCUT2D eigenvalue weighted by Crippen LogP contribution is -2.15. The number of hydrogen-bond donors (Lipinski definition) is 1. The Kier molecular flexibility index (Phi) is 4.81. The molecule has 136 valence electrons. The summed E-state index contributed by atoms with van der Waals surface area (Å²) in [5.41, 5.74) is 4.53. The van der Waals surface area contributed by atoms with Gasteiger partial charge in [0.15, 0.2) is 5.16 Å². The van der Waals surface area contributed by atoms with Crippen LogP contribution in [0.2, 0.25) is 0 Å². The van der Waals surface area contributed by atoms with Crippen LogP contribution in [-0.2, 0) is 11.3 Å². The summed E-state index contributed by atoms with van der Waals surface area (Å²) in [4.78, 5) is 21.8. The Morgan fingerprint density at radius 1 is 1.07 bits per heavy atom. The van der Waals surface area contributed by atoms with Gasteiger partial charge in [0.2, 0.25) is 5.91 Å². The smallest absolute Gasteiger partial charge is 0.234 e. The maximum absolute atomic E-state index is 12.5. The van der Waals surface area contributed by atoms with Crippen molar-refractivity contribution < 1.29 is 4.79 Å². The first-order valence-electron chi connectivity index (χ1n) is 8.90. The highest BCUT2D eigenvalue weighted by Gasteiger charge is 2.13. The molecular formula is C21H20N4OS. The number of para-hydroxylation sites is 3. The monoisotopic (exact) mass is 376 g/mol. The number of carbonyl (C=O) groups excluding carboxylic acids is 1. The summed E-state index contributed by atoms with van der Waals surface area (Å²) in [7, 11) is 0. The lowest BCUT2D eigenvalue weighted by Gasteiger charge is -2.09. The molecule has 0 atom stereocenters. The van der Waals surface area contributed by atoms with Crippen LogP contribution in [0, 0.1) is 6.92 Å².